The SMILES string of the molecule is [Zr+2].c1ccc(C(c2ccccc2)[c-]2cccc2)cc1.c1ccc(C(c2ccccc2)[c-]2cccc2)cc1. The average Bonchev–Trinajstić information content (AvgIpc) is 3.68. The first-order chi connectivity index (χ1) is 17.9. The Bertz CT molecular complexity index is 1190. The Labute approximate surface area is 240 Å². The zero-order valence-corrected chi connectivity index (χ0v) is 23.3. The zero-order chi connectivity index (χ0) is 24.4. The Hall–Kier alpha value is -3.54. The van der Waals surface area contributed by atoms with Gasteiger partial charge in [-0.15, -0.1) is 11.1 Å². The molecular formula is C36H30Zr. The van der Waals surface area contributed by atoms with Crippen molar-refractivity contribution in [2.45, 2.75) is 11.8 Å². The van der Waals surface area contributed by atoms with E-state index in [2.05, 4.69) is 170 Å². The van der Waals surface area contributed by atoms with Gasteiger partial charge < -0.3 is 0 Å². The second-order valence-corrected chi connectivity index (χ2v) is 8.95. The van der Waals surface area contributed by atoms with E-state index in [1.807, 2.05) is 0 Å². The van der Waals surface area contributed by atoms with E-state index in [0.717, 1.165) is 0 Å². The molecule has 37 heavy (non-hydrogen) atoms. The van der Waals surface area contributed by atoms with Gasteiger partial charge in [0.1, 0.15) is 0 Å². The Morgan fingerprint density at radius 2 is 0.514 bits per heavy atom. The fourth-order valence-corrected chi connectivity index (χ4v) is 4.90. The molecule has 0 amide bonds. The molecule has 6 aromatic carbocycles. The maximum atomic E-state index is 2.20. The van der Waals surface area contributed by atoms with Crippen LogP contribution in [0.1, 0.15) is 45.2 Å². The maximum Gasteiger partial charge on any atom is 2.00 e. The Balaban J connectivity index is 0.000000168. The van der Waals surface area contributed by atoms with Crippen LogP contribution in [-0.4, -0.2) is 0 Å². The van der Waals surface area contributed by atoms with Crippen LogP contribution in [0.3, 0.4) is 0 Å². The fourth-order valence-electron chi connectivity index (χ4n) is 4.90. The van der Waals surface area contributed by atoms with Crippen LogP contribution in [0.2, 0.25) is 0 Å². The van der Waals surface area contributed by atoms with Crippen molar-refractivity contribution in [3.8, 4) is 0 Å². The molecule has 0 aliphatic heterocycles. The quantitative estimate of drug-likeness (QED) is 0.180. The minimum Gasteiger partial charge on any atom is -0.213 e. The first kappa shape index (κ1) is 26.5. The molecular weight excluding hydrogens is 524 g/mol. The molecule has 0 aliphatic rings. The van der Waals surface area contributed by atoms with Crippen molar-refractivity contribution in [3.05, 3.63) is 203 Å². The first-order valence-electron chi connectivity index (χ1n) is 12.5. The average molecular weight is 554 g/mol. The summed E-state index contributed by atoms with van der Waals surface area (Å²) in [5, 5.41) is 0. The summed E-state index contributed by atoms with van der Waals surface area (Å²) in [5.74, 6) is 0.671. The molecule has 0 radical (unpaired) electrons. The van der Waals surface area contributed by atoms with E-state index in [4.69, 9.17) is 0 Å². The van der Waals surface area contributed by atoms with E-state index in [-0.39, 0.29) is 26.2 Å². The van der Waals surface area contributed by atoms with E-state index in [0.29, 0.717) is 11.8 Å². The minimum absolute atomic E-state index is 0. The van der Waals surface area contributed by atoms with Crippen LogP contribution in [0.5, 0.6) is 0 Å². The van der Waals surface area contributed by atoms with Crippen LogP contribution < -0.4 is 0 Å². The first-order valence-corrected chi connectivity index (χ1v) is 12.5. The molecule has 6 rings (SSSR count). The van der Waals surface area contributed by atoms with Crippen LogP contribution in [0.15, 0.2) is 170 Å². The van der Waals surface area contributed by atoms with Gasteiger partial charge in [0.25, 0.3) is 0 Å². The molecule has 0 atom stereocenters. The summed E-state index contributed by atoms with van der Waals surface area (Å²) >= 11 is 0. The van der Waals surface area contributed by atoms with Crippen molar-refractivity contribution in [2.24, 2.45) is 0 Å². The van der Waals surface area contributed by atoms with E-state index < -0.39 is 0 Å². The fraction of sp³-hybridized carbons (Fsp3) is 0.0556. The minimum atomic E-state index is 0. The summed E-state index contributed by atoms with van der Waals surface area (Å²) < 4.78 is 0. The second kappa shape index (κ2) is 13.7. The predicted molar refractivity (Wildman–Crippen MR) is 152 cm³/mol. The van der Waals surface area contributed by atoms with Crippen LogP contribution >= 0.6 is 0 Å². The van der Waals surface area contributed by atoms with Gasteiger partial charge in [0.15, 0.2) is 0 Å². The van der Waals surface area contributed by atoms with Gasteiger partial charge in [-0.25, -0.2) is 24.3 Å². The van der Waals surface area contributed by atoms with Crippen LogP contribution in [0.25, 0.3) is 0 Å². The molecule has 0 saturated heterocycles. The molecule has 0 fully saturated rings. The van der Waals surface area contributed by atoms with Crippen molar-refractivity contribution in [3.63, 3.8) is 0 Å². The molecule has 0 saturated carbocycles. The summed E-state index contributed by atoms with van der Waals surface area (Å²) in [4.78, 5) is 0. The van der Waals surface area contributed by atoms with Gasteiger partial charge in [0.2, 0.25) is 0 Å². The molecule has 0 N–H and O–H groups in total. The number of rotatable bonds is 6. The van der Waals surface area contributed by atoms with Gasteiger partial charge in [0, 0.05) is 0 Å². The molecule has 0 nitrogen and oxygen atoms in total. The number of hydrogen-bond acceptors (Lipinski definition) is 0. The normalized spacial score (nSPS) is 10.4. The number of hydrogen-bond donors (Lipinski definition) is 0. The van der Waals surface area contributed by atoms with Crippen molar-refractivity contribution in [1.29, 1.82) is 0 Å². The summed E-state index contributed by atoms with van der Waals surface area (Å²) in [6.07, 6.45) is 0. The van der Waals surface area contributed by atoms with Crippen molar-refractivity contribution >= 4 is 0 Å². The topological polar surface area (TPSA) is 0 Å². The third kappa shape index (κ3) is 6.82. The van der Waals surface area contributed by atoms with E-state index in [1.54, 1.807) is 0 Å². The Morgan fingerprint density at radius 3 is 0.730 bits per heavy atom. The van der Waals surface area contributed by atoms with Gasteiger partial charge in [-0.3, -0.25) is 0 Å². The molecule has 0 heterocycles. The second-order valence-electron chi connectivity index (χ2n) is 8.95. The molecule has 0 unspecified atom stereocenters. The predicted octanol–water partition coefficient (Wildman–Crippen LogP) is 9.17. The monoisotopic (exact) mass is 552 g/mol. The molecule has 0 aromatic heterocycles. The van der Waals surface area contributed by atoms with Gasteiger partial charge in [-0.2, -0.15) is 24.3 Å². The zero-order valence-electron chi connectivity index (χ0n) is 20.8. The third-order valence-corrected chi connectivity index (χ3v) is 6.58. The Kier molecular flexibility index (Phi) is 9.81. The summed E-state index contributed by atoms with van der Waals surface area (Å²) in [6.45, 7) is 0. The molecule has 6 aromatic rings. The number of benzene rings is 4. The third-order valence-electron chi connectivity index (χ3n) is 6.58. The van der Waals surface area contributed by atoms with Gasteiger partial charge >= 0.3 is 26.2 Å². The van der Waals surface area contributed by atoms with E-state index >= 15 is 0 Å². The Morgan fingerprint density at radius 1 is 0.297 bits per heavy atom. The van der Waals surface area contributed by atoms with Gasteiger partial charge in [0.05, 0.1) is 0 Å². The van der Waals surface area contributed by atoms with E-state index in [1.165, 1.54) is 33.4 Å². The molecule has 0 spiro atoms. The summed E-state index contributed by atoms with van der Waals surface area (Å²) in [6, 6.07) is 59.9. The summed E-state index contributed by atoms with van der Waals surface area (Å²) in [5.41, 5.74) is 8.08. The van der Waals surface area contributed by atoms with Gasteiger partial charge in [-0.1, -0.05) is 121 Å². The molecule has 178 valence electrons. The smallest absolute Gasteiger partial charge is 0.213 e. The maximum absolute atomic E-state index is 2.20. The standard InChI is InChI=1S/2C18H15.Zr/c2*1-3-9-15(10-4-1)18(17-13-7-8-14-17)16-11-5-2-6-12-16;/h2*1-14,18H;/q2*-1;+2. The molecule has 1 heteroatoms. The molecule has 0 bridgehead atoms. The van der Waals surface area contributed by atoms with Crippen LogP contribution in [-0.2, 0) is 26.2 Å². The largest absolute Gasteiger partial charge is 2.00 e. The van der Waals surface area contributed by atoms with Crippen molar-refractivity contribution in [2.75, 3.05) is 0 Å². The molecule has 0 aliphatic carbocycles. The summed E-state index contributed by atoms with van der Waals surface area (Å²) in [7, 11) is 0. The van der Waals surface area contributed by atoms with Crippen LogP contribution in [0, 0.1) is 0 Å². The van der Waals surface area contributed by atoms with E-state index in [9.17, 15) is 0 Å². The van der Waals surface area contributed by atoms with Crippen LogP contribution in [0.4, 0.5) is 0 Å². The van der Waals surface area contributed by atoms with Crippen molar-refractivity contribution in [1.82, 2.24) is 0 Å². The van der Waals surface area contributed by atoms with Crippen molar-refractivity contribution < 1.29 is 26.2 Å². The van der Waals surface area contributed by atoms with Gasteiger partial charge in [-0.05, 0) is 34.1 Å².